The molecule has 1 aromatic heterocycles. The van der Waals surface area contributed by atoms with Crippen molar-refractivity contribution in [2.75, 3.05) is 13.1 Å². The number of aromatic nitrogens is 3. The van der Waals surface area contributed by atoms with Gasteiger partial charge in [0, 0.05) is 25.2 Å². The Morgan fingerprint density at radius 3 is 2.62 bits per heavy atom. The molecule has 1 aliphatic heterocycles. The molecule has 1 atom stereocenters. The summed E-state index contributed by atoms with van der Waals surface area (Å²) in [5.74, 6) is 0.615. The largest absolute Gasteiger partial charge is 0.316 e. The van der Waals surface area contributed by atoms with Gasteiger partial charge in [0.2, 0.25) is 0 Å². The van der Waals surface area contributed by atoms with Crippen LogP contribution in [0.1, 0.15) is 11.6 Å². The van der Waals surface area contributed by atoms with Crippen molar-refractivity contribution < 1.29 is 0 Å². The van der Waals surface area contributed by atoms with E-state index in [4.69, 9.17) is 0 Å². The Kier molecular flexibility index (Phi) is 2.42. The number of rotatable bonds is 3. The van der Waals surface area contributed by atoms with Gasteiger partial charge in [-0.2, -0.15) is 0 Å². The normalized spacial score (nSPS) is 18.0. The third kappa shape index (κ3) is 1.61. The summed E-state index contributed by atoms with van der Waals surface area (Å²) in [6.45, 7) is 2.11. The molecule has 4 heteroatoms. The quantitative estimate of drug-likeness (QED) is 0.831. The third-order valence-electron chi connectivity index (χ3n) is 3.13. The number of benzene rings is 1. The van der Waals surface area contributed by atoms with Gasteiger partial charge >= 0.3 is 0 Å². The maximum absolute atomic E-state index is 4.13. The maximum atomic E-state index is 4.13. The summed E-state index contributed by atoms with van der Waals surface area (Å²) >= 11 is 0. The zero-order valence-electron chi connectivity index (χ0n) is 8.95. The molecule has 2 aromatic rings. The van der Waals surface area contributed by atoms with Crippen LogP contribution in [0.3, 0.4) is 0 Å². The molecule has 3 rings (SSSR count). The van der Waals surface area contributed by atoms with Gasteiger partial charge in [-0.1, -0.05) is 35.5 Å². The second-order valence-corrected chi connectivity index (χ2v) is 4.16. The number of nitrogens with one attached hydrogen (secondary N) is 1. The molecule has 4 nitrogen and oxygen atoms in total. The topological polar surface area (TPSA) is 42.7 Å². The highest BCUT2D eigenvalue weighted by atomic mass is 15.4. The predicted molar refractivity (Wildman–Crippen MR) is 61.0 cm³/mol. The highest BCUT2D eigenvalue weighted by molar-refractivity contribution is 5.21. The van der Waals surface area contributed by atoms with E-state index in [2.05, 4.69) is 39.9 Å². The van der Waals surface area contributed by atoms with Crippen molar-refractivity contribution in [1.82, 2.24) is 20.3 Å². The monoisotopic (exact) mass is 214 g/mol. The van der Waals surface area contributed by atoms with Gasteiger partial charge in [0.15, 0.2) is 0 Å². The molecule has 16 heavy (non-hydrogen) atoms. The Morgan fingerprint density at radius 2 is 2.06 bits per heavy atom. The molecule has 1 saturated heterocycles. The van der Waals surface area contributed by atoms with Crippen LogP contribution in [0.5, 0.6) is 0 Å². The van der Waals surface area contributed by atoms with E-state index in [1.807, 2.05) is 16.9 Å². The number of hydrogen-bond donors (Lipinski definition) is 1. The first-order chi connectivity index (χ1) is 7.95. The Morgan fingerprint density at radius 1 is 1.25 bits per heavy atom. The van der Waals surface area contributed by atoms with Crippen LogP contribution < -0.4 is 5.32 Å². The Hall–Kier alpha value is -1.68. The average Bonchev–Trinajstić information content (AvgIpc) is 2.77. The number of nitrogens with zero attached hydrogens (tertiary/aromatic N) is 3. The molecule has 0 saturated carbocycles. The molecule has 1 fully saturated rings. The van der Waals surface area contributed by atoms with Gasteiger partial charge in [0.25, 0.3) is 0 Å². The van der Waals surface area contributed by atoms with Crippen molar-refractivity contribution in [1.29, 1.82) is 0 Å². The van der Waals surface area contributed by atoms with Crippen LogP contribution in [0, 0.1) is 5.92 Å². The molecule has 0 amide bonds. The van der Waals surface area contributed by atoms with E-state index in [0.29, 0.717) is 12.0 Å². The first-order valence-corrected chi connectivity index (χ1v) is 5.56. The van der Waals surface area contributed by atoms with Gasteiger partial charge in [-0.3, -0.25) is 0 Å². The summed E-state index contributed by atoms with van der Waals surface area (Å²) in [5, 5.41) is 11.3. The zero-order chi connectivity index (χ0) is 10.8. The summed E-state index contributed by atoms with van der Waals surface area (Å²) in [6, 6.07) is 10.8. The van der Waals surface area contributed by atoms with Crippen molar-refractivity contribution in [3.05, 3.63) is 48.3 Å². The van der Waals surface area contributed by atoms with Crippen LogP contribution in [0.25, 0.3) is 0 Å². The summed E-state index contributed by atoms with van der Waals surface area (Å²) < 4.78 is 1.96. The van der Waals surface area contributed by atoms with Crippen LogP contribution in [0.15, 0.2) is 42.7 Å². The Balaban J connectivity index is 1.96. The van der Waals surface area contributed by atoms with Crippen LogP contribution in [0.2, 0.25) is 0 Å². The van der Waals surface area contributed by atoms with Crippen molar-refractivity contribution in [2.45, 2.75) is 6.04 Å². The fourth-order valence-electron chi connectivity index (χ4n) is 2.19. The lowest BCUT2D eigenvalue weighted by Crippen LogP contribution is -2.47. The Labute approximate surface area is 94.3 Å². The van der Waals surface area contributed by atoms with Gasteiger partial charge in [-0.15, -0.1) is 5.10 Å². The second kappa shape index (κ2) is 4.06. The van der Waals surface area contributed by atoms with E-state index in [1.165, 1.54) is 5.56 Å². The van der Waals surface area contributed by atoms with E-state index in [9.17, 15) is 0 Å². The molecule has 0 radical (unpaired) electrons. The van der Waals surface area contributed by atoms with Gasteiger partial charge in [0.05, 0.1) is 12.2 Å². The fourth-order valence-corrected chi connectivity index (χ4v) is 2.19. The molecule has 2 heterocycles. The fraction of sp³-hybridized carbons (Fsp3) is 0.333. The van der Waals surface area contributed by atoms with Crippen molar-refractivity contribution >= 4 is 0 Å². The lowest BCUT2D eigenvalue weighted by molar-refractivity contribution is 0.250. The molecule has 0 aliphatic carbocycles. The van der Waals surface area contributed by atoms with E-state index in [1.54, 1.807) is 6.20 Å². The smallest absolute Gasteiger partial charge is 0.0838 e. The van der Waals surface area contributed by atoms with Gasteiger partial charge in [-0.25, -0.2) is 4.68 Å². The molecule has 1 unspecified atom stereocenters. The summed E-state index contributed by atoms with van der Waals surface area (Å²) in [5.41, 5.74) is 1.31. The highest BCUT2D eigenvalue weighted by Gasteiger charge is 2.30. The molecule has 82 valence electrons. The van der Waals surface area contributed by atoms with Gasteiger partial charge in [0.1, 0.15) is 0 Å². The predicted octanol–water partition coefficient (Wildman–Crippen LogP) is 1.09. The molecule has 1 aromatic carbocycles. The van der Waals surface area contributed by atoms with Crippen molar-refractivity contribution in [3.63, 3.8) is 0 Å². The molecule has 0 spiro atoms. The molecular formula is C12H14N4. The first kappa shape index (κ1) is 9.54. The van der Waals surface area contributed by atoms with Crippen LogP contribution >= 0.6 is 0 Å². The molecule has 1 aliphatic rings. The molecule has 0 bridgehead atoms. The molecule has 1 N–H and O–H groups in total. The van der Waals surface area contributed by atoms with E-state index < -0.39 is 0 Å². The SMILES string of the molecule is c1ccc(C(C2CNC2)n2ccnn2)cc1. The lowest BCUT2D eigenvalue weighted by atomic mass is 9.89. The van der Waals surface area contributed by atoms with Gasteiger partial charge in [-0.05, 0) is 5.56 Å². The maximum Gasteiger partial charge on any atom is 0.0838 e. The minimum absolute atomic E-state index is 0.310. The van der Waals surface area contributed by atoms with Crippen LogP contribution in [0.4, 0.5) is 0 Å². The van der Waals surface area contributed by atoms with E-state index >= 15 is 0 Å². The van der Waals surface area contributed by atoms with Crippen LogP contribution in [-0.2, 0) is 0 Å². The third-order valence-corrected chi connectivity index (χ3v) is 3.13. The van der Waals surface area contributed by atoms with Crippen molar-refractivity contribution in [3.8, 4) is 0 Å². The van der Waals surface area contributed by atoms with Crippen molar-refractivity contribution in [2.24, 2.45) is 5.92 Å². The first-order valence-electron chi connectivity index (χ1n) is 5.56. The minimum Gasteiger partial charge on any atom is -0.316 e. The summed E-state index contributed by atoms with van der Waals surface area (Å²) in [6.07, 6.45) is 3.68. The Bertz CT molecular complexity index is 433. The van der Waals surface area contributed by atoms with Gasteiger partial charge < -0.3 is 5.32 Å². The van der Waals surface area contributed by atoms with E-state index in [0.717, 1.165) is 13.1 Å². The number of hydrogen-bond acceptors (Lipinski definition) is 3. The lowest BCUT2D eigenvalue weighted by Gasteiger charge is -2.34. The standard InChI is InChI=1S/C12H14N4/c1-2-4-10(5-3-1)12(11-8-13-9-11)16-7-6-14-15-16/h1-7,11-13H,8-9H2. The minimum atomic E-state index is 0.310. The van der Waals surface area contributed by atoms with E-state index in [-0.39, 0.29) is 0 Å². The highest BCUT2D eigenvalue weighted by Crippen LogP contribution is 2.28. The van der Waals surface area contributed by atoms with Crippen LogP contribution in [-0.4, -0.2) is 28.1 Å². The summed E-state index contributed by atoms with van der Waals surface area (Å²) in [7, 11) is 0. The zero-order valence-corrected chi connectivity index (χ0v) is 8.95. The molecular weight excluding hydrogens is 200 g/mol. The summed E-state index contributed by atoms with van der Waals surface area (Å²) in [4.78, 5) is 0. The second-order valence-electron chi connectivity index (χ2n) is 4.16. The average molecular weight is 214 g/mol.